The molecule has 7 heteroatoms. The first-order valence-electron chi connectivity index (χ1n) is 11.5. The van der Waals surface area contributed by atoms with Crippen LogP contribution in [0, 0.1) is 0 Å². The molecule has 0 aliphatic carbocycles. The first-order valence-corrected chi connectivity index (χ1v) is 13.1. The Labute approximate surface area is 220 Å². The van der Waals surface area contributed by atoms with Crippen LogP contribution in [0.25, 0.3) is 11.3 Å². The van der Waals surface area contributed by atoms with Gasteiger partial charge in [0.25, 0.3) is 0 Å². The van der Waals surface area contributed by atoms with Gasteiger partial charge in [0.2, 0.25) is 5.91 Å². The number of halogens is 2. The quantitative estimate of drug-likeness (QED) is 0.220. The topological polar surface area (TPSA) is 42.4 Å². The number of carbonyl (C=O) groups excluding carboxylic acids is 1. The summed E-state index contributed by atoms with van der Waals surface area (Å²) in [5, 5.41) is 1.43. The van der Waals surface area contributed by atoms with Crippen molar-refractivity contribution in [3.8, 4) is 17.0 Å². The number of hydrogen-bond acceptors (Lipinski definition) is 4. The summed E-state index contributed by atoms with van der Waals surface area (Å²) < 4.78 is 5.59. The van der Waals surface area contributed by atoms with Crippen LogP contribution in [-0.2, 0) is 17.6 Å². The number of rotatable bonds is 9. The molecule has 180 valence electrons. The Kier molecular flexibility index (Phi) is 8.45. The van der Waals surface area contributed by atoms with Crippen molar-refractivity contribution in [2.45, 2.75) is 33.1 Å². The molecule has 0 fully saturated rings. The van der Waals surface area contributed by atoms with E-state index in [2.05, 4.69) is 6.92 Å². The maximum atomic E-state index is 13.6. The first-order chi connectivity index (χ1) is 17.0. The van der Waals surface area contributed by atoms with Crippen molar-refractivity contribution in [3.63, 3.8) is 0 Å². The highest BCUT2D eigenvalue weighted by Crippen LogP contribution is 2.39. The van der Waals surface area contributed by atoms with Gasteiger partial charge in [0.1, 0.15) is 5.75 Å². The van der Waals surface area contributed by atoms with Crippen LogP contribution in [0.5, 0.6) is 5.75 Å². The van der Waals surface area contributed by atoms with Gasteiger partial charge in [0.15, 0.2) is 5.13 Å². The molecule has 0 radical (unpaired) electrons. The standard InChI is InChI=1S/C28H26Cl2N2O2S/c1-3-8-25-27(20-11-14-22(15-12-20)34-4-2)31-28(35-25)32(21-13-16-23(29)24(30)18-21)26(33)17-19-9-6-5-7-10-19/h5-7,9-16,18H,3-4,8,17H2,1-2H3. The van der Waals surface area contributed by atoms with Crippen LogP contribution in [0.4, 0.5) is 10.8 Å². The lowest BCUT2D eigenvalue weighted by Crippen LogP contribution is -2.27. The Morgan fingerprint density at radius 1 is 0.971 bits per heavy atom. The van der Waals surface area contributed by atoms with E-state index < -0.39 is 0 Å². The first kappa shape index (κ1) is 25.2. The number of aryl methyl sites for hydroxylation is 1. The van der Waals surface area contributed by atoms with E-state index in [4.69, 9.17) is 32.9 Å². The van der Waals surface area contributed by atoms with Crippen molar-refractivity contribution in [3.05, 3.63) is 93.3 Å². The summed E-state index contributed by atoms with van der Waals surface area (Å²) in [6.45, 7) is 4.71. The Balaban J connectivity index is 1.77. The van der Waals surface area contributed by atoms with E-state index in [1.54, 1.807) is 23.1 Å². The smallest absolute Gasteiger partial charge is 0.237 e. The summed E-state index contributed by atoms with van der Waals surface area (Å²) in [5.41, 5.74) is 3.44. The van der Waals surface area contributed by atoms with Crippen LogP contribution in [0.3, 0.4) is 0 Å². The van der Waals surface area contributed by atoms with Gasteiger partial charge in [-0.15, -0.1) is 11.3 Å². The van der Waals surface area contributed by atoms with Gasteiger partial charge in [-0.2, -0.15) is 0 Å². The van der Waals surface area contributed by atoms with E-state index in [-0.39, 0.29) is 12.3 Å². The number of nitrogens with zero attached hydrogens (tertiary/aromatic N) is 2. The molecule has 3 aromatic carbocycles. The lowest BCUT2D eigenvalue weighted by atomic mass is 10.1. The largest absolute Gasteiger partial charge is 0.494 e. The SMILES string of the molecule is CCCc1sc(N(C(=O)Cc2ccccc2)c2ccc(Cl)c(Cl)c2)nc1-c1ccc(OCC)cc1. The highest BCUT2D eigenvalue weighted by Gasteiger charge is 2.25. The molecule has 35 heavy (non-hydrogen) atoms. The van der Waals surface area contributed by atoms with Gasteiger partial charge in [-0.1, -0.05) is 66.9 Å². The molecule has 0 aliphatic rings. The number of thiazole rings is 1. The number of aromatic nitrogens is 1. The molecule has 0 saturated carbocycles. The fourth-order valence-electron chi connectivity index (χ4n) is 3.77. The fourth-order valence-corrected chi connectivity index (χ4v) is 5.28. The molecule has 0 N–H and O–H groups in total. The zero-order valence-electron chi connectivity index (χ0n) is 19.6. The zero-order valence-corrected chi connectivity index (χ0v) is 22.0. The molecule has 1 heterocycles. The van der Waals surface area contributed by atoms with Crippen LogP contribution >= 0.6 is 34.5 Å². The number of benzene rings is 3. The molecule has 4 aromatic rings. The Morgan fingerprint density at radius 2 is 1.71 bits per heavy atom. The summed E-state index contributed by atoms with van der Waals surface area (Å²) in [5.74, 6) is 0.726. The Bertz CT molecular complexity index is 1290. The predicted molar refractivity (Wildman–Crippen MR) is 146 cm³/mol. The van der Waals surface area contributed by atoms with Crippen molar-refractivity contribution in [1.82, 2.24) is 4.98 Å². The predicted octanol–water partition coefficient (Wildman–Crippen LogP) is 8.38. The average molecular weight is 526 g/mol. The third-order valence-corrected chi connectivity index (χ3v) is 7.24. The molecule has 0 aliphatic heterocycles. The fraction of sp³-hybridized carbons (Fsp3) is 0.214. The molecule has 0 spiro atoms. The van der Waals surface area contributed by atoms with Crippen LogP contribution < -0.4 is 9.64 Å². The van der Waals surface area contributed by atoms with Crippen molar-refractivity contribution < 1.29 is 9.53 Å². The van der Waals surface area contributed by atoms with Gasteiger partial charge >= 0.3 is 0 Å². The van der Waals surface area contributed by atoms with Crippen LogP contribution in [-0.4, -0.2) is 17.5 Å². The van der Waals surface area contributed by atoms with Crippen molar-refractivity contribution in [1.29, 1.82) is 0 Å². The van der Waals surface area contributed by atoms with E-state index in [1.807, 2.05) is 61.5 Å². The van der Waals surface area contributed by atoms with Crippen LogP contribution in [0.1, 0.15) is 30.7 Å². The number of amides is 1. The van der Waals surface area contributed by atoms with E-state index in [0.717, 1.165) is 40.3 Å². The van der Waals surface area contributed by atoms with E-state index >= 15 is 0 Å². The van der Waals surface area contributed by atoms with Crippen molar-refractivity contribution in [2.75, 3.05) is 11.5 Å². The lowest BCUT2D eigenvalue weighted by molar-refractivity contribution is -0.117. The highest BCUT2D eigenvalue weighted by atomic mass is 35.5. The highest BCUT2D eigenvalue weighted by molar-refractivity contribution is 7.16. The molecule has 1 aromatic heterocycles. The second-order valence-corrected chi connectivity index (χ2v) is 9.84. The van der Waals surface area contributed by atoms with Crippen molar-refractivity contribution >= 4 is 51.3 Å². The minimum absolute atomic E-state index is 0.0929. The minimum Gasteiger partial charge on any atom is -0.494 e. The molecule has 0 bridgehead atoms. The Morgan fingerprint density at radius 3 is 2.37 bits per heavy atom. The summed E-state index contributed by atoms with van der Waals surface area (Å²) in [7, 11) is 0. The van der Waals surface area contributed by atoms with Gasteiger partial charge in [-0.05, 0) is 61.4 Å². The summed E-state index contributed by atoms with van der Waals surface area (Å²) in [4.78, 5) is 21.4. The normalized spacial score (nSPS) is 10.9. The lowest BCUT2D eigenvalue weighted by Gasteiger charge is -2.21. The number of ether oxygens (including phenoxy) is 1. The monoisotopic (exact) mass is 524 g/mol. The van der Waals surface area contributed by atoms with Crippen LogP contribution in [0.15, 0.2) is 72.8 Å². The second kappa shape index (κ2) is 11.7. The minimum atomic E-state index is -0.0929. The molecule has 0 atom stereocenters. The maximum absolute atomic E-state index is 13.6. The van der Waals surface area contributed by atoms with Crippen molar-refractivity contribution in [2.24, 2.45) is 0 Å². The third-order valence-electron chi connectivity index (χ3n) is 5.40. The average Bonchev–Trinajstić information content (AvgIpc) is 3.26. The Hall–Kier alpha value is -2.86. The molecular weight excluding hydrogens is 499 g/mol. The van der Waals surface area contributed by atoms with Crippen LogP contribution in [0.2, 0.25) is 10.0 Å². The summed E-state index contributed by atoms with van der Waals surface area (Å²) in [6, 6.07) is 22.8. The number of carbonyl (C=O) groups is 1. The van der Waals surface area contributed by atoms with Gasteiger partial charge < -0.3 is 4.74 Å². The molecule has 1 amide bonds. The summed E-state index contributed by atoms with van der Waals surface area (Å²) >= 11 is 14.0. The second-order valence-electron chi connectivity index (χ2n) is 7.97. The molecular formula is C28H26Cl2N2O2S. The summed E-state index contributed by atoms with van der Waals surface area (Å²) in [6.07, 6.45) is 2.07. The molecule has 0 unspecified atom stereocenters. The number of hydrogen-bond donors (Lipinski definition) is 0. The third kappa shape index (κ3) is 6.04. The van der Waals surface area contributed by atoms with Gasteiger partial charge in [0.05, 0.1) is 34.5 Å². The molecule has 0 saturated heterocycles. The molecule has 4 nitrogen and oxygen atoms in total. The van der Waals surface area contributed by atoms with Gasteiger partial charge in [-0.3, -0.25) is 9.69 Å². The maximum Gasteiger partial charge on any atom is 0.237 e. The van der Waals surface area contributed by atoms with E-state index in [0.29, 0.717) is 27.5 Å². The number of anilines is 2. The van der Waals surface area contributed by atoms with E-state index in [9.17, 15) is 4.79 Å². The van der Waals surface area contributed by atoms with Gasteiger partial charge in [-0.25, -0.2) is 4.98 Å². The zero-order chi connectivity index (χ0) is 24.8. The molecule has 4 rings (SSSR count). The van der Waals surface area contributed by atoms with E-state index in [1.165, 1.54) is 11.3 Å². The van der Waals surface area contributed by atoms with Gasteiger partial charge in [0, 0.05) is 10.4 Å².